The monoisotopic (exact) mass is 419 g/mol. The first kappa shape index (κ1) is 22.6. The van der Waals surface area contributed by atoms with Crippen molar-refractivity contribution in [3.05, 3.63) is 56.7 Å². The van der Waals surface area contributed by atoms with Crippen molar-refractivity contribution < 1.29 is 4.90 Å². The van der Waals surface area contributed by atoms with Crippen LogP contribution in [0.2, 0.25) is 0 Å². The summed E-state index contributed by atoms with van der Waals surface area (Å²) in [6, 6.07) is 9.69. The minimum Gasteiger partial charge on any atom is -0.383 e. The van der Waals surface area contributed by atoms with Crippen molar-refractivity contribution in [2.45, 2.75) is 32.9 Å². The first-order valence-corrected chi connectivity index (χ1v) is 10.3. The van der Waals surface area contributed by atoms with E-state index in [2.05, 4.69) is 24.4 Å². The number of quaternary nitrogens is 1. The molecule has 0 unspecified atom stereocenters. The van der Waals surface area contributed by atoms with Crippen LogP contribution in [0, 0.1) is 0 Å². The molecule has 8 nitrogen and oxygen atoms in total. The lowest BCUT2D eigenvalue weighted by molar-refractivity contribution is -0.856. The van der Waals surface area contributed by atoms with Crippen LogP contribution in [0.1, 0.15) is 25.3 Å². The van der Waals surface area contributed by atoms with Crippen molar-refractivity contribution in [1.82, 2.24) is 14.9 Å². The van der Waals surface area contributed by atoms with Gasteiger partial charge in [0.2, 0.25) is 0 Å². The predicted octanol–water partition coefficient (Wildman–Crippen LogP) is -0.0555. The van der Waals surface area contributed by atoms with E-state index >= 15 is 0 Å². The number of nitrogens with zero attached hydrogens (tertiary/aromatic N) is 2. The van der Waals surface area contributed by atoms with Gasteiger partial charge in [-0.2, -0.15) is 0 Å². The Bertz CT molecular complexity index is 923. The van der Waals surface area contributed by atoms with Crippen molar-refractivity contribution >= 4 is 28.8 Å². The summed E-state index contributed by atoms with van der Waals surface area (Å²) >= 11 is 5.60. The Labute approximate surface area is 176 Å². The molecule has 158 valence electrons. The van der Waals surface area contributed by atoms with Gasteiger partial charge in [-0.3, -0.25) is 14.3 Å². The van der Waals surface area contributed by atoms with E-state index in [0.717, 1.165) is 24.9 Å². The Balaban J connectivity index is 2.45. The van der Waals surface area contributed by atoms with Gasteiger partial charge in [-0.15, -0.1) is 0 Å². The average Bonchev–Trinajstić information content (AvgIpc) is 2.67. The third kappa shape index (κ3) is 6.16. The van der Waals surface area contributed by atoms with Gasteiger partial charge in [-0.1, -0.05) is 43.7 Å². The van der Waals surface area contributed by atoms with Gasteiger partial charge in [0.25, 0.3) is 5.56 Å². The molecule has 1 aromatic carbocycles. The summed E-state index contributed by atoms with van der Waals surface area (Å²) in [5.41, 5.74) is 6.43. The van der Waals surface area contributed by atoms with E-state index in [4.69, 9.17) is 18.0 Å². The van der Waals surface area contributed by atoms with Crippen LogP contribution in [0.4, 0.5) is 11.5 Å². The fourth-order valence-electron chi connectivity index (χ4n) is 2.91. The number of aromatic nitrogens is 2. The molecule has 9 heteroatoms. The number of thiocarbonyl (C=S) groups is 1. The molecule has 2 rings (SSSR count). The number of rotatable bonds is 9. The van der Waals surface area contributed by atoms with Crippen LogP contribution in [0.3, 0.4) is 0 Å². The van der Waals surface area contributed by atoms with Crippen LogP contribution in [0.15, 0.2) is 39.9 Å². The second-order valence-electron chi connectivity index (χ2n) is 7.26. The quantitative estimate of drug-likeness (QED) is 0.425. The van der Waals surface area contributed by atoms with E-state index in [1.54, 1.807) is 4.90 Å². The third-order valence-electron chi connectivity index (χ3n) is 4.55. The topological polar surface area (TPSA) is 101 Å². The number of nitrogens with two attached hydrogens (primary N) is 1. The zero-order valence-corrected chi connectivity index (χ0v) is 18.1. The lowest BCUT2D eigenvalue weighted by Crippen LogP contribution is -3.06. The summed E-state index contributed by atoms with van der Waals surface area (Å²) in [6.45, 7) is 4.34. The van der Waals surface area contributed by atoms with Gasteiger partial charge >= 0.3 is 5.69 Å². The highest BCUT2D eigenvalue weighted by Gasteiger charge is 2.22. The minimum absolute atomic E-state index is 0.130. The average molecular weight is 420 g/mol. The molecule has 1 aromatic heterocycles. The second kappa shape index (κ2) is 10.8. The van der Waals surface area contributed by atoms with Gasteiger partial charge < -0.3 is 20.9 Å². The molecule has 29 heavy (non-hydrogen) atoms. The minimum atomic E-state index is -0.543. The second-order valence-corrected chi connectivity index (χ2v) is 7.65. The molecular weight excluding hydrogens is 388 g/mol. The third-order valence-corrected chi connectivity index (χ3v) is 4.91. The Hall–Kier alpha value is -2.65. The smallest absolute Gasteiger partial charge is 0.330 e. The predicted molar refractivity (Wildman–Crippen MR) is 122 cm³/mol. The molecule has 0 atom stereocenters. The standard InChI is InChI=1S/C20H30N6O2S/c1-4-5-12-25-17(21)16(18(27)23-19(25)28)26(14-15-9-7-6-8-10-15)20(29)22-11-13-24(2)3/h6-10H,4-5,11-14,21H2,1-3H3,(H,22,29)(H,23,27,28)/p+1. The molecule has 0 fully saturated rings. The Morgan fingerprint density at radius 2 is 1.97 bits per heavy atom. The number of unbranched alkanes of at least 4 members (excludes halogenated alkanes) is 1. The van der Waals surface area contributed by atoms with E-state index in [1.807, 2.05) is 37.3 Å². The van der Waals surface area contributed by atoms with Crippen molar-refractivity contribution in [1.29, 1.82) is 0 Å². The molecule has 0 aliphatic carbocycles. The number of likely N-dealkylation sites (N-methyl/N-ethyl adjacent to an activating group) is 1. The van der Waals surface area contributed by atoms with Gasteiger partial charge in [0, 0.05) is 6.54 Å². The zero-order valence-electron chi connectivity index (χ0n) is 17.3. The molecule has 0 aliphatic rings. The molecule has 0 aliphatic heterocycles. The van der Waals surface area contributed by atoms with E-state index in [-0.39, 0.29) is 11.5 Å². The number of nitrogens with one attached hydrogen (secondary N) is 3. The van der Waals surface area contributed by atoms with Gasteiger partial charge in [0.1, 0.15) is 5.82 Å². The molecule has 0 saturated heterocycles. The Morgan fingerprint density at radius 3 is 2.59 bits per heavy atom. The largest absolute Gasteiger partial charge is 0.383 e. The van der Waals surface area contributed by atoms with Crippen LogP contribution in [-0.4, -0.2) is 41.8 Å². The fraction of sp³-hybridized carbons (Fsp3) is 0.450. The maximum absolute atomic E-state index is 12.7. The molecular formula is C20H31N6O2S+. The van der Waals surface area contributed by atoms with Crippen LogP contribution in [0.5, 0.6) is 0 Å². The summed E-state index contributed by atoms with van der Waals surface area (Å²) in [5, 5.41) is 3.60. The number of anilines is 2. The number of aromatic amines is 1. The number of nitrogen functional groups attached to an aromatic ring is 1. The molecule has 0 amide bonds. The molecule has 0 radical (unpaired) electrons. The van der Waals surface area contributed by atoms with E-state index in [9.17, 15) is 9.59 Å². The first-order chi connectivity index (χ1) is 13.8. The summed E-state index contributed by atoms with van der Waals surface area (Å²) in [7, 11) is 4.11. The lowest BCUT2D eigenvalue weighted by atomic mass is 10.2. The van der Waals surface area contributed by atoms with Gasteiger partial charge in [0.05, 0.1) is 33.7 Å². The molecule has 0 bridgehead atoms. The van der Waals surface area contributed by atoms with Crippen molar-refractivity contribution in [2.75, 3.05) is 37.8 Å². The van der Waals surface area contributed by atoms with Crippen LogP contribution in [-0.2, 0) is 13.1 Å². The van der Waals surface area contributed by atoms with Crippen molar-refractivity contribution in [2.24, 2.45) is 0 Å². The fourth-order valence-corrected chi connectivity index (χ4v) is 3.17. The zero-order chi connectivity index (χ0) is 21.4. The van der Waals surface area contributed by atoms with E-state index in [0.29, 0.717) is 24.7 Å². The van der Waals surface area contributed by atoms with E-state index < -0.39 is 11.2 Å². The molecule has 0 spiro atoms. The molecule has 5 N–H and O–H groups in total. The number of hydrogen-bond donors (Lipinski definition) is 4. The molecule has 0 saturated carbocycles. The highest BCUT2D eigenvalue weighted by Crippen LogP contribution is 2.20. The summed E-state index contributed by atoms with van der Waals surface area (Å²) in [6.07, 6.45) is 1.68. The highest BCUT2D eigenvalue weighted by molar-refractivity contribution is 7.80. The normalized spacial score (nSPS) is 10.9. The number of hydrogen-bond acceptors (Lipinski definition) is 4. The summed E-state index contributed by atoms with van der Waals surface area (Å²) < 4.78 is 1.41. The maximum atomic E-state index is 12.7. The van der Waals surface area contributed by atoms with Gasteiger partial charge in [-0.05, 0) is 24.2 Å². The van der Waals surface area contributed by atoms with Crippen molar-refractivity contribution in [3.63, 3.8) is 0 Å². The van der Waals surface area contributed by atoms with E-state index in [1.165, 1.54) is 9.47 Å². The highest BCUT2D eigenvalue weighted by atomic mass is 32.1. The summed E-state index contributed by atoms with van der Waals surface area (Å²) in [4.78, 5) is 30.3. The number of benzene rings is 1. The maximum Gasteiger partial charge on any atom is 0.330 e. The van der Waals surface area contributed by atoms with Crippen LogP contribution >= 0.6 is 12.2 Å². The molecule has 2 aromatic rings. The first-order valence-electron chi connectivity index (χ1n) is 9.86. The van der Waals surface area contributed by atoms with Gasteiger partial charge in [-0.25, -0.2) is 4.79 Å². The Kier molecular flexibility index (Phi) is 8.41. The van der Waals surface area contributed by atoms with Crippen LogP contribution in [0.25, 0.3) is 0 Å². The van der Waals surface area contributed by atoms with Crippen LogP contribution < -0.4 is 32.1 Å². The lowest BCUT2D eigenvalue weighted by Gasteiger charge is -2.27. The molecule has 1 heterocycles. The Morgan fingerprint density at radius 1 is 1.28 bits per heavy atom. The summed E-state index contributed by atoms with van der Waals surface area (Å²) in [5.74, 6) is 0.130. The SMILES string of the molecule is CCCCn1c(N)c(N(Cc2ccccc2)C(=S)NCC[NH+](C)C)c(=O)[nH]c1=O. The van der Waals surface area contributed by atoms with Gasteiger partial charge in [0.15, 0.2) is 10.8 Å². The number of H-pyrrole nitrogens is 1. The van der Waals surface area contributed by atoms with Crippen molar-refractivity contribution in [3.8, 4) is 0 Å².